The standard InChI is InChI=1S/C21H17F3N2O3S/c1-30(28,29)26(13-15-4-2-3-5-18(15)23)17-9-6-14(7-10-17)21(27)25-20-11-8-16(22)12-19(20)24/h2-12H,13H2,1H3,(H,25,27). The monoisotopic (exact) mass is 434 g/mol. The van der Waals surface area contributed by atoms with Gasteiger partial charge in [-0.15, -0.1) is 0 Å². The van der Waals surface area contributed by atoms with Crippen molar-refractivity contribution in [3.63, 3.8) is 0 Å². The molecule has 0 aliphatic heterocycles. The van der Waals surface area contributed by atoms with Gasteiger partial charge in [-0.2, -0.15) is 0 Å². The number of rotatable bonds is 6. The highest BCUT2D eigenvalue weighted by molar-refractivity contribution is 7.92. The normalized spacial score (nSPS) is 11.2. The second kappa shape index (κ2) is 8.58. The summed E-state index contributed by atoms with van der Waals surface area (Å²) in [5.41, 5.74) is 0.353. The number of nitrogens with zero attached hydrogens (tertiary/aromatic N) is 1. The molecule has 0 unspecified atom stereocenters. The van der Waals surface area contributed by atoms with E-state index in [0.717, 1.165) is 22.7 Å². The number of nitrogens with one attached hydrogen (secondary N) is 1. The number of anilines is 2. The molecule has 0 aromatic heterocycles. The first kappa shape index (κ1) is 21.4. The van der Waals surface area contributed by atoms with Gasteiger partial charge in [-0.1, -0.05) is 18.2 Å². The molecule has 156 valence electrons. The SMILES string of the molecule is CS(=O)(=O)N(Cc1ccccc1F)c1ccc(C(=O)Nc2ccc(F)cc2F)cc1. The summed E-state index contributed by atoms with van der Waals surface area (Å²) in [4.78, 5) is 12.3. The summed E-state index contributed by atoms with van der Waals surface area (Å²) >= 11 is 0. The minimum atomic E-state index is -3.74. The van der Waals surface area contributed by atoms with Gasteiger partial charge in [0.15, 0.2) is 0 Å². The zero-order chi connectivity index (χ0) is 21.9. The Bertz CT molecular complexity index is 1180. The lowest BCUT2D eigenvalue weighted by atomic mass is 10.1. The molecule has 9 heteroatoms. The number of hydrogen-bond acceptors (Lipinski definition) is 3. The van der Waals surface area contributed by atoms with Crippen LogP contribution in [0.4, 0.5) is 24.5 Å². The first-order chi connectivity index (χ1) is 14.1. The van der Waals surface area contributed by atoms with Crippen molar-refractivity contribution < 1.29 is 26.4 Å². The average molecular weight is 434 g/mol. The van der Waals surface area contributed by atoms with E-state index >= 15 is 0 Å². The Morgan fingerprint density at radius 2 is 1.60 bits per heavy atom. The van der Waals surface area contributed by atoms with E-state index in [1.807, 2.05) is 0 Å². The van der Waals surface area contributed by atoms with Crippen molar-refractivity contribution in [3.8, 4) is 0 Å². The molecule has 1 amide bonds. The molecule has 1 N–H and O–H groups in total. The number of carbonyl (C=O) groups is 1. The second-order valence-electron chi connectivity index (χ2n) is 6.49. The van der Waals surface area contributed by atoms with Crippen molar-refractivity contribution in [1.29, 1.82) is 0 Å². The van der Waals surface area contributed by atoms with Crippen LogP contribution in [0.15, 0.2) is 66.7 Å². The zero-order valence-corrected chi connectivity index (χ0v) is 16.6. The number of halogens is 3. The predicted octanol–water partition coefficient (Wildman–Crippen LogP) is 4.32. The molecule has 0 aliphatic carbocycles. The molecule has 0 spiro atoms. The lowest BCUT2D eigenvalue weighted by molar-refractivity contribution is 0.102. The Hall–Kier alpha value is -3.33. The maximum atomic E-state index is 14.0. The maximum absolute atomic E-state index is 14.0. The third-order valence-corrected chi connectivity index (χ3v) is 5.41. The van der Waals surface area contributed by atoms with Crippen molar-refractivity contribution in [3.05, 3.63) is 95.3 Å². The van der Waals surface area contributed by atoms with Gasteiger partial charge in [-0.05, 0) is 42.5 Å². The number of sulfonamides is 1. The molecule has 3 aromatic rings. The number of carbonyl (C=O) groups excluding carboxylic acids is 1. The summed E-state index contributed by atoms with van der Waals surface area (Å²) in [5.74, 6) is -2.89. The van der Waals surface area contributed by atoms with E-state index in [1.54, 1.807) is 6.07 Å². The molecule has 5 nitrogen and oxygen atoms in total. The zero-order valence-electron chi connectivity index (χ0n) is 15.8. The fraction of sp³-hybridized carbons (Fsp3) is 0.0952. The van der Waals surface area contributed by atoms with Gasteiger partial charge in [0, 0.05) is 17.2 Å². The minimum Gasteiger partial charge on any atom is -0.319 e. The van der Waals surface area contributed by atoms with Gasteiger partial charge in [0.25, 0.3) is 5.91 Å². The molecule has 3 aromatic carbocycles. The molecule has 0 heterocycles. The van der Waals surface area contributed by atoms with E-state index in [9.17, 15) is 26.4 Å². The van der Waals surface area contributed by atoms with Gasteiger partial charge in [0.1, 0.15) is 17.5 Å². The van der Waals surface area contributed by atoms with Crippen LogP contribution in [0.2, 0.25) is 0 Å². The maximum Gasteiger partial charge on any atom is 0.255 e. The number of benzene rings is 3. The fourth-order valence-electron chi connectivity index (χ4n) is 2.75. The van der Waals surface area contributed by atoms with Gasteiger partial charge in [0.2, 0.25) is 10.0 Å². The van der Waals surface area contributed by atoms with Gasteiger partial charge >= 0.3 is 0 Å². The first-order valence-corrected chi connectivity index (χ1v) is 10.6. The quantitative estimate of drug-likeness (QED) is 0.628. The van der Waals surface area contributed by atoms with E-state index in [4.69, 9.17) is 0 Å². The lowest BCUT2D eigenvalue weighted by Gasteiger charge is -2.23. The van der Waals surface area contributed by atoms with Crippen LogP contribution in [0.25, 0.3) is 0 Å². The highest BCUT2D eigenvalue weighted by Gasteiger charge is 2.20. The third kappa shape index (κ3) is 4.98. The molecule has 0 saturated heterocycles. The molecular formula is C21H17F3N2O3S. The molecule has 0 fully saturated rings. The first-order valence-electron chi connectivity index (χ1n) is 8.73. The second-order valence-corrected chi connectivity index (χ2v) is 8.39. The number of amides is 1. The molecule has 0 radical (unpaired) electrons. The topological polar surface area (TPSA) is 66.5 Å². The van der Waals surface area contributed by atoms with Crippen LogP contribution in [0.3, 0.4) is 0 Å². The average Bonchev–Trinajstić information content (AvgIpc) is 2.68. The van der Waals surface area contributed by atoms with Crippen LogP contribution in [0.5, 0.6) is 0 Å². The summed E-state index contributed by atoms with van der Waals surface area (Å²) in [6, 6.07) is 14.0. The number of hydrogen-bond donors (Lipinski definition) is 1. The van der Waals surface area contributed by atoms with Crippen LogP contribution in [-0.4, -0.2) is 20.6 Å². The van der Waals surface area contributed by atoms with Gasteiger partial charge < -0.3 is 5.32 Å². The van der Waals surface area contributed by atoms with E-state index in [0.29, 0.717) is 6.07 Å². The minimum absolute atomic E-state index is 0.127. The Labute approximate surface area is 171 Å². The van der Waals surface area contributed by atoms with Crippen molar-refractivity contribution in [1.82, 2.24) is 0 Å². The van der Waals surface area contributed by atoms with Crippen molar-refractivity contribution in [2.45, 2.75) is 6.54 Å². The highest BCUT2D eigenvalue weighted by atomic mass is 32.2. The lowest BCUT2D eigenvalue weighted by Crippen LogP contribution is -2.29. The van der Waals surface area contributed by atoms with Gasteiger partial charge in [0.05, 0.1) is 24.2 Å². The molecule has 3 rings (SSSR count). The van der Waals surface area contributed by atoms with Crippen LogP contribution in [-0.2, 0) is 16.6 Å². The van der Waals surface area contributed by atoms with E-state index in [1.165, 1.54) is 42.5 Å². The Kier molecular flexibility index (Phi) is 6.12. The Morgan fingerprint density at radius 3 is 2.20 bits per heavy atom. The third-order valence-electron chi connectivity index (χ3n) is 4.27. The predicted molar refractivity (Wildman–Crippen MR) is 108 cm³/mol. The fourth-order valence-corrected chi connectivity index (χ4v) is 3.62. The summed E-state index contributed by atoms with van der Waals surface area (Å²) in [6.45, 7) is -0.224. The van der Waals surface area contributed by atoms with E-state index in [-0.39, 0.29) is 29.0 Å². The van der Waals surface area contributed by atoms with E-state index in [2.05, 4.69) is 5.32 Å². The molecule has 0 saturated carbocycles. The van der Waals surface area contributed by atoms with Crippen molar-refractivity contribution in [2.24, 2.45) is 0 Å². The van der Waals surface area contributed by atoms with Crippen LogP contribution >= 0.6 is 0 Å². The summed E-state index contributed by atoms with van der Waals surface area (Å²) in [6.07, 6.45) is 0.992. The molecule has 30 heavy (non-hydrogen) atoms. The molecular weight excluding hydrogens is 417 g/mol. The summed E-state index contributed by atoms with van der Waals surface area (Å²) in [7, 11) is -3.74. The molecule has 0 bridgehead atoms. The summed E-state index contributed by atoms with van der Waals surface area (Å²) in [5, 5.41) is 2.32. The van der Waals surface area contributed by atoms with E-state index < -0.39 is 33.4 Å². The smallest absolute Gasteiger partial charge is 0.255 e. The van der Waals surface area contributed by atoms with Gasteiger partial charge in [-0.3, -0.25) is 9.10 Å². The summed E-state index contributed by atoms with van der Waals surface area (Å²) < 4.78 is 66.1. The van der Waals surface area contributed by atoms with Crippen LogP contribution < -0.4 is 9.62 Å². The van der Waals surface area contributed by atoms with Crippen molar-refractivity contribution >= 4 is 27.3 Å². The van der Waals surface area contributed by atoms with Crippen molar-refractivity contribution in [2.75, 3.05) is 15.9 Å². The Morgan fingerprint density at radius 1 is 0.933 bits per heavy atom. The molecule has 0 atom stereocenters. The van der Waals surface area contributed by atoms with Crippen LogP contribution in [0, 0.1) is 17.5 Å². The van der Waals surface area contributed by atoms with Gasteiger partial charge in [-0.25, -0.2) is 21.6 Å². The highest BCUT2D eigenvalue weighted by Crippen LogP contribution is 2.23. The molecule has 0 aliphatic rings. The Balaban J connectivity index is 1.83. The largest absolute Gasteiger partial charge is 0.319 e. The van der Waals surface area contributed by atoms with Crippen LogP contribution in [0.1, 0.15) is 15.9 Å².